The fraction of sp³-hybridized carbons (Fsp3) is 0.870. The van der Waals surface area contributed by atoms with Gasteiger partial charge in [0.15, 0.2) is 0 Å². The van der Waals surface area contributed by atoms with Crippen molar-refractivity contribution in [3.63, 3.8) is 0 Å². The number of fused-ring (bicyclic) bond motifs is 5. The number of Topliss-reactive ketones (excluding diaryl/α,β-unsaturated/α-hetero) is 1. The van der Waals surface area contributed by atoms with Crippen molar-refractivity contribution >= 4 is 17.7 Å². The third-order valence-electron chi connectivity index (χ3n) is 8.89. The van der Waals surface area contributed by atoms with Gasteiger partial charge in [0, 0.05) is 31.6 Å². The van der Waals surface area contributed by atoms with Crippen LogP contribution in [0.1, 0.15) is 79.1 Å². The molecule has 28 heavy (non-hydrogen) atoms. The van der Waals surface area contributed by atoms with E-state index in [1.807, 2.05) is 0 Å². The highest BCUT2D eigenvalue weighted by Gasteiger charge is 2.64. The first-order valence-corrected chi connectivity index (χ1v) is 11.0. The summed E-state index contributed by atoms with van der Waals surface area (Å²) < 4.78 is 11.5. The summed E-state index contributed by atoms with van der Waals surface area (Å²) in [6.45, 7) is 7.46. The van der Waals surface area contributed by atoms with E-state index in [1.54, 1.807) is 0 Å². The van der Waals surface area contributed by atoms with Crippen molar-refractivity contribution in [3.8, 4) is 0 Å². The van der Waals surface area contributed by atoms with Crippen LogP contribution < -0.4 is 0 Å². The van der Waals surface area contributed by atoms with Crippen molar-refractivity contribution < 1.29 is 23.9 Å². The van der Waals surface area contributed by atoms with Crippen LogP contribution in [0.4, 0.5) is 0 Å². The predicted molar refractivity (Wildman–Crippen MR) is 103 cm³/mol. The van der Waals surface area contributed by atoms with Gasteiger partial charge in [-0.3, -0.25) is 14.4 Å². The SMILES string of the molecule is CC(=O)O[C@H]1CC[C@@]2(C)[C@@H](CC[C@@H]3[C@@H]2[C@H](OC(C)=O)C[C@]2(C)C(=O)CC[C@@H]32)C1. The van der Waals surface area contributed by atoms with Crippen molar-refractivity contribution in [1.82, 2.24) is 0 Å². The maximum Gasteiger partial charge on any atom is 0.302 e. The zero-order valence-corrected chi connectivity index (χ0v) is 17.7. The first kappa shape index (κ1) is 19.9. The molecule has 4 saturated carbocycles. The topological polar surface area (TPSA) is 69.7 Å². The van der Waals surface area contributed by atoms with Crippen molar-refractivity contribution in [3.05, 3.63) is 0 Å². The molecule has 5 nitrogen and oxygen atoms in total. The first-order chi connectivity index (χ1) is 13.1. The van der Waals surface area contributed by atoms with Crippen LogP contribution in [-0.2, 0) is 23.9 Å². The number of hydrogen-bond acceptors (Lipinski definition) is 5. The van der Waals surface area contributed by atoms with Crippen LogP contribution in [0.25, 0.3) is 0 Å². The predicted octanol–water partition coefficient (Wildman–Crippen LogP) is 4.07. The summed E-state index contributed by atoms with van der Waals surface area (Å²) >= 11 is 0. The van der Waals surface area contributed by atoms with Gasteiger partial charge in [0.2, 0.25) is 0 Å². The van der Waals surface area contributed by atoms with Crippen LogP contribution in [0, 0.1) is 34.5 Å². The fourth-order valence-electron chi connectivity index (χ4n) is 7.75. The molecular weight excluding hydrogens is 356 g/mol. The van der Waals surface area contributed by atoms with Gasteiger partial charge in [-0.1, -0.05) is 13.8 Å². The van der Waals surface area contributed by atoms with E-state index in [1.165, 1.54) is 13.8 Å². The minimum atomic E-state index is -0.334. The molecule has 0 radical (unpaired) electrons. The van der Waals surface area contributed by atoms with Crippen LogP contribution in [0.5, 0.6) is 0 Å². The summed E-state index contributed by atoms with van der Waals surface area (Å²) in [7, 11) is 0. The Balaban J connectivity index is 1.65. The van der Waals surface area contributed by atoms with Gasteiger partial charge < -0.3 is 9.47 Å². The number of esters is 2. The number of carbonyl (C=O) groups is 3. The Hall–Kier alpha value is -1.39. The molecule has 0 bridgehead atoms. The Bertz CT molecular complexity index is 686. The third kappa shape index (κ3) is 3.00. The molecule has 0 amide bonds. The molecule has 4 aliphatic carbocycles. The minimum absolute atomic E-state index is 0.0150. The number of rotatable bonds is 2. The molecule has 0 aromatic carbocycles. The van der Waals surface area contributed by atoms with E-state index < -0.39 is 0 Å². The van der Waals surface area contributed by atoms with Gasteiger partial charge in [-0.05, 0) is 68.1 Å². The van der Waals surface area contributed by atoms with E-state index in [2.05, 4.69) is 13.8 Å². The summed E-state index contributed by atoms with van der Waals surface area (Å²) in [5.74, 6) is 1.57. The number of hydrogen-bond donors (Lipinski definition) is 0. The lowest BCUT2D eigenvalue weighted by Crippen LogP contribution is -2.60. The summed E-state index contributed by atoms with van der Waals surface area (Å²) in [4.78, 5) is 36.1. The fourth-order valence-corrected chi connectivity index (χ4v) is 7.75. The third-order valence-corrected chi connectivity index (χ3v) is 8.89. The number of carbonyl (C=O) groups excluding carboxylic acids is 3. The van der Waals surface area contributed by atoms with E-state index in [4.69, 9.17) is 9.47 Å². The second-order valence-electron chi connectivity index (χ2n) is 10.3. The Labute approximate surface area is 167 Å². The molecule has 0 aromatic rings. The van der Waals surface area contributed by atoms with Crippen LogP contribution in [-0.4, -0.2) is 29.9 Å². The molecule has 5 heteroatoms. The molecule has 156 valence electrons. The van der Waals surface area contributed by atoms with Gasteiger partial charge in [0.05, 0.1) is 0 Å². The van der Waals surface area contributed by atoms with Crippen molar-refractivity contribution in [1.29, 1.82) is 0 Å². The highest BCUT2D eigenvalue weighted by Crippen LogP contribution is 2.66. The Kier molecular flexibility index (Phi) is 4.86. The Morgan fingerprint density at radius 3 is 2.39 bits per heavy atom. The van der Waals surface area contributed by atoms with Gasteiger partial charge in [0.25, 0.3) is 0 Å². The van der Waals surface area contributed by atoms with Crippen LogP contribution in [0.15, 0.2) is 0 Å². The normalized spacial score (nSPS) is 47.5. The van der Waals surface area contributed by atoms with Crippen molar-refractivity contribution in [2.75, 3.05) is 0 Å². The molecule has 4 aliphatic rings. The average molecular weight is 391 g/mol. The molecule has 0 heterocycles. The zero-order chi connectivity index (χ0) is 20.3. The lowest BCUT2D eigenvalue weighted by atomic mass is 9.44. The number of ether oxygens (including phenoxy) is 2. The lowest BCUT2D eigenvalue weighted by molar-refractivity contribution is -0.197. The standard InChI is InChI=1S/C23H34O5/c1-13(24)27-16-9-10-22(3)15(11-16)5-6-17-18-7-8-20(26)23(18,4)12-19(21(17)22)28-14(2)25/h15-19,21H,5-12H2,1-4H3/t15-,16-,17-,18-,19+,21+,22-,23-/m0/s1. The summed E-state index contributed by atoms with van der Waals surface area (Å²) in [5.41, 5.74) is -0.258. The molecule has 0 spiro atoms. The summed E-state index contributed by atoms with van der Waals surface area (Å²) in [6.07, 6.45) is 7.15. The van der Waals surface area contributed by atoms with Gasteiger partial charge >= 0.3 is 11.9 Å². The van der Waals surface area contributed by atoms with Gasteiger partial charge in [0.1, 0.15) is 18.0 Å². The van der Waals surface area contributed by atoms with E-state index in [9.17, 15) is 14.4 Å². The summed E-state index contributed by atoms with van der Waals surface area (Å²) in [6, 6.07) is 0. The quantitative estimate of drug-likeness (QED) is 0.665. The lowest BCUT2D eigenvalue weighted by Gasteiger charge is -2.61. The maximum atomic E-state index is 12.8. The van der Waals surface area contributed by atoms with Crippen LogP contribution in [0.3, 0.4) is 0 Å². The van der Waals surface area contributed by atoms with Gasteiger partial charge in [-0.25, -0.2) is 0 Å². The molecule has 0 unspecified atom stereocenters. The van der Waals surface area contributed by atoms with E-state index in [0.29, 0.717) is 42.3 Å². The monoisotopic (exact) mass is 390 g/mol. The van der Waals surface area contributed by atoms with Crippen LogP contribution >= 0.6 is 0 Å². The van der Waals surface area contributed by atoms with Crippen molar-refractivity contribution in [2.45, 2.75) is 91.3 Å². The van der Waals surface area contributed by atoms with Gasteiger partial charge in [-0.2, -0.15) is 0 Å². The average Bonchev–Trinajstić information content (AvgIpc) is 2.89. The molecule has 0 N–H and O–H groups in total. The molecule has 8 atom stereocenters. The molecule has 0 aromatic heterocycles. The second-order valence-corrected chi connectivity index (χ2v) is 10.3. The largest absolute Gasteiger partial charge is 0.463 e. The maximum absolute atomic E-state index is 12.8. The second kappa shape index (κ2) is 6.84. The molecule has 4 fully saturated rings. The van der Waals surface area contributed by atoms with Crippen molar-refractivity contribution in [2.24, 2.45) is 34.5 Å². The highest BCUT2D eigenvalue weighted by atomic mass is 16.5. The minimum Gasteiger partial charge on any atom is -0.463 e. The first-order valence-electron chi connectivity index (χ1n) is 11.0. The Morgan fingerprint density at radius 1 is 1.00 bits per heavy atom. The molecule has 4 rings (SSSR count). The smallest absolute Gasteiger partial charge is 0.302 e. The van der Waals surface area contributed by atoms with E-state index >= 15 is 0 Å². The molecular formula is C23H34O5. The van der Waals surface area contributed by atoms with Gasteiger partial charge in [-0.15, -0.1) is 0 Å². The van der Waals surface area contributed by atoms with E-state index in [-0.39, 0.29) is 35.0 Å². The van der Waals surface area contributed by atoms with E-state index in [0.717, 1.165) is 38.5 Å². The van der Waals surface area contributed by atoms with Crippen LogP contribution in [0.2, 0.25) is 0 Å². The molecule has 0 aliphatic heterocycles. The highest BCUT2D eigenvalue weighted by molar-refractivity contribution is 5.87. The zero-order valence-electron chi connectivity index (χ0n) is 17.7. The Morgan fingerprint density at radius 2 is 1.71 bits per heavy atom. The summed E-state index contributed by atoms with van der Waals surface area (Å²) in [5, 5.41) is 0. The number of ketones is 1. The molecule has 0 saturated heterocycles.